The lowest BCUT2D eigenvalue weighted by atomic mass is 9.98. The van der Waals surface area contributed by atoms with E-state index in [9.17, 15) is 19.7 Å². The van der Waals surface area contributed by atoms with Crippen LogP contribution in [0.5, 0.6) is 0 Å². The van der Waals surface area contributed by atoms with Gasteiger partial charge in [0.2, 0.25) is 0 Å². The first-order valence-electron chi connectivity index (χ1n) is 6.89. The highest BCUT2D eigenvalue weighted by Crippen LogP contribution is 2.22. The van der Waals surface area contributed by atoms with Crippen LogP contribution in [0.25, 0.3) is 0 Å². The fourth-order valence-electron chi connectivity index (χ4n) is 2.40. The summed E-state index contributed by atoms with van der Waals surface area (Å²) in [6, 6.07) is 12.5. The summed E-state index contributed by atoms with van der Waals surface area (Å²) in [4.78, 5) is 34.3. The zero-order valence-corrected chi connectivity index (χ0v) is 11.9. The number of hydrogen-bond donors (Lipinski definition) is 1. The number of carbonyl (C=O) groups is 2. The van der Waals surface area contributed by atoms with E-state index in [-0.39, 0.29) is 17.8 Å². The summed E-state index contributed by atoms with van der Waals surface area (Å²) in [6.07, 6.45) is -0.695. The molecule has 0 saturated carbocycles. The molecule has 2 aromatic rings. The van der Waals surface area contributed by atoms with E-state index in [0.717, 1.165) is 5.56 Å². The van der Waals surface area contributed by atoms with E-state index in [1.54, 1.807) is 24.3 Å². The summed E-state index contributed by atoms with van der Waals surface area (Å²) in [7, 11) is 0. The SMILES string of the molecule is O=C1O[C@H](C(=O)Nc2cccc([N+](=O)[O-])c2)Cc2ccccc21. The van der Waals surface area contributed by atoms with Gasteiger partial charge < -0.3 is 10.1 Å². The topological polar surface area (TPSA) is 98.5 Å². The molecule has 0 aliphatic carbocycles. The minimum absolute atomic E-state index is 0.131. The Morgan fingerprint density at radius 3 is 2.78 bits per heavy atom. The van der Waals surface area contributed by atoms with Crippen LogP contribution in [-0.4, -0.2) is 22.9 Å². The van der Waals surface area contributed by atoms with Gasteiger partial charge >= 0.3 is 5.97 Å². The molecule has 116 valence electrons. The van der Waals surface area contributed by atoms with Crippen LogP contribution in [0, 0.1) is 10.1 Å². The molecule has 0 aromatic heterocycles. The largest absolute Gasteiger partial charge is 0.448 e. The van der Waals surface area contributed by atoms with Crippen LogP contribution in [0.3, 0.4) is 0 Å². The van der Waals surface area contributed by atoms with Crippen LogP contribution < -0.4 is 5.32 Å². The monoisotopic (exact) mass is 312 g/mol. The number of carbonyl (C=O) groups excluding carboxylic acids is 2. The average Bonchev–Trinajstić information content (AvgIpc) is 2.55. The molecule has 0 saturated heterocycles. The van der Waals surface area contributed by atoms with Crippen molar-refractivity contribution < 1.29 is 19.2 Å². The Kier molecular flexibility index (Phi) is 3.76. The minimum atomic E-state index is -0.961. The molecule has 1 atom stereocenters. The van der Waals surface area contributed by atoms with Crippen LogP contribution in [0.1, 0.15) is 15.9 Å². The zero-order chi connectivity index (χ0) is 16.4. The number of nitro groups is 1. The molecule has 0 radical (unpaired) electrons. The number of esters is 1. The number of nitrogens with zero attached hydrogens (tertiary/aromatic N) is 1. The van der Waals surface area contributed by atoms with Gasteiger partial charge in [0.1, 0.15) is 0 Å². The number of ether oxygens (including phenoxy) is 1. The number of nitro benzene ring substituents is 1. The van der Waals surface area contributed by atoms with Gasteiger partial charge in [0.05, 0.1) is 10.5 Å². The standard InChI is InChI=1S/C16H12N2O5/c19-15(17-11-5-3-6-12(9-11)18(21)22)14-8-10-4-1-2-7-13(10)16(20)23-14/h1-7,9,14H,8H2,(H,17,19)/t14-/m0/s1. The third kappa shape index (κ3) is 3.03. The predicted molar refractivity (Wildman–Crippen MR) is 81.1 cm³/mol. The van der Waals surface area contributed by atoms with Crippen LogP contribution >= 0.6 is 0 Å². The van der Waals surface area contributed by atoms with Crippen LogP contribution in [-0.2, 0) is 16.0 Å². The molecule has 3 rings (SSSR count). The number of benzene rings is 2. The zero-order valence-electron chi connectivity index (χ0n) is 11.9. The van der Waals surface area contributed by atoms with E-state index in [1.807, 2.05) is 0 Å². The second-order valence-corrected chi connectivity index (χ2v) is 5.05. The maximum atomic E-state index is 12.2. The first-order valence-corrected chi connectivity index (χ1v) is 6.89. The Balaban J connectivity index is 1.76. The molecule has 23 heavy (non-hydrogen) atoms. The summed E-state index contributed by atoms with van der Waals surface area (Å²) in [6.45, 7) is 0. The number of anilines is 1. The van der Waals surface area contributed by atoms with Crippen LogP contribution in [0.4, 0.5) is 11.4 Å². The van der Waals surface area contributed by atoms with Crippen molar-refractivity contribution in [1.29, 1.82) is 0 Å². The number of rotatable bonds is 3. The number of amides is 1. The molecule has 1 N–H and O–H groups in total. The smallest absolute Gasteiger partial charge is 0.339 e. The van der Waals surface area contributed by atoms with Gasteiger partial charge in [-0.1, -0.05) is 24.3 Å². The number of nitrogens with one attached hydrogen (secondary N) is 1. The first kappa shape index (κ1) is 14.7. The Labute approximate surface area is 131 Å². The molecule has 0 spiro atoms. The fourth-order valence-corrected chi connectivity index (χ4v) is 2.40. The van der Waals surface area contributed by atoms with E-state index in [0.29, 0.717) is 5.56 Å². The lowest BCUT2D eigenvalue weighted by Crippen LogP contribution is -2.37. The summed E-state index contributed by atoms with van der Waals surface area (Å²) in [5.74, 6) is -1.07. The molecular formula is C16H12N2O5. The van der Waals surface area contributed by atoms with Crippen molar-refractivity contribution in [2.45, 2.75) is 12.5 Å². The maximum Gasteiger partial charge on any atom is 0.339 e. The lowest BCUT2D eigenvalue weighted by Gasteiger charge is -2.23. The van der Waals surface area contributed by atoms with Gasteiger partial charge in [0, 0.05) is 24.2 Å². The second kappa shape index (κ2) is 5.88. The molecule has 2 aromatic carbocycles. The van der Waals surface area contributed by atoms with Gasteiger partial charge in [0.15, 0.2) is 6.10 Å². The van der Waals surface area contributed by atoms with Crippen molar-refractivity contribution in [2.75, 3.05) is 5.32 Å². The predicted octanol–water partition coefficient (Wildman–Crippen LogP) is 2.32. The van der Waals surface area contributed by atoms with Gasteiger partial charge in [-0.15, -0.1) is 0 Å². The highest BCUT2D eigenvalue weighted by Gasteiger charge is 2.31. The molecule has 1 aliphatic rings. The van der Waals surface area contributed by atoms with Gasteiger partial charge in [-0.2, -0.15) is 0 Å². The maximum absolute atomic E-state index is 12.2. The molecule has 7 nitrogen and oxygen atoms in total. The molecule has 0 unspecified atom stereocenters. The molecule has 1 heterocycles. The summed E-state index contributed by atoms with van der Waals surface area (Å²) in [5, 5.41) is 13.3. The summed E-state index contributed by atoms with van der Waals surface area (Å²) in [5.41, 5.74) is 1.34. The van der Waals surface area contributed by atoms with Crippen molar-refractivity contribution >= 4 is 23.3 Å². The Morgan fingerprint density at radius 2 is 2.00 bits per heavy atom. The minimum Gasteiger partial charge on any atom is -0.448 e. The van der Waals surface area contributed by atoms with Crippen LogP contribution in [0.15, 0.2) is 48.5 Å². The Hall–Kier alpha value is -3.22. The quantitative estimate of drug-likeness (QED) is 0.532. The molecule has 1 amide bonds. The molecule has 0 bridgehead atoms. The van der Waals surface area contributed by atoms with Crippen molar-refractivity contribution in [2.24, 2.45) is 0 Å². The average molecular weight is 312 g/mol. The van der Waals surface area contributed by atoms with Crippen molar-refractivity contribution in [1.82, 2.24) is 0 Å². The van der Waals surface area contributed by atoms with Gasteiger partial charge in [0.25, 0.3) is 11.6 Å². The Morgan fingerprint density at radius 1 is 1.22 bits per heavy atom. The van der Waals surface area contributed by atoms with E-state index >= 15 is 0 Å². The summed E-state index contributed by atoms with van der Waals surface area (Å²) < 4.78 is 5.14. The highest BCUT2D eigenvalue weighted by molar-refractivity contribution is 6.00. The first-order chi connectivity index (χ1) is 11.0. The normalized spacial score (nSPS) is 16.2. The van der Waals surface area contributed by atoms with Crippen molar-refractivity contribution in [3.63, 3.8) is 0 Å². The number of non-ortho nitro benzene ring substituents is 1. The van der Waals surface area contributed by atoms with Gasteiger partial charge in [-0.3, -0.25) is 14.9 Å². The van der Waals surface area contributed by atoms with E-state index < -0.39 is 22.9 Å². The third-order valence-electron chi connectivity index (χ3n) is 3.51. The lowest BCUT2D eigenvalue weighted by molar-refractivity contribution is -0.384. The van der Waals surface area contributed by atoms with Gasteiger partial charge in [-0.05, 0) is 17.7 Å². The molecule has 1 aliphatic heterocycles. The van der Waals surface area contributed by atoms with E-state index in [4.69, 9.17) is 4.74 Å². The highest BCUT2D eigenvalue weighted by atomic mass is 16.6. The second-order valence-electron chi connectivity index (χ2n) is 5.05. The Bertz CT molecular complexity index is 803. The van der Waals surface area contributed by atoms with Gasteiger partial charge in [-0.25, -0.2) is 4.79 Å². The fraction of sp³-hybridized carbons (Fsp3) is 0.125. The van der Waals surface area contributed by atoms with Crippen molar-refractivity contribution in [3.05, 3.63) is 69.8 Å². The van der Waals surface area contributed by atoms with E-state index in [1.165, 1.54) is 24.3 Å². The number of cyclic esters (lactones) is 1. The molecule has 7 heteroatoms. The molecule has 0 fully saturated rings. The number of fused-ring (bicyclic) bond motifs is 1. The van der Waals surface area contributed by atoms with Crippen molar-refractivity contribution in [3.8, 4) is 0 Å². The third-order valence-corrected chi connectivity index (χ3v) is 3.51. The number of hydrogen-bond acceptors (Lipinski definition) is 5. The van der Waals surface area contributed by atoms with Crippen LogP contribution in [0.2, 0.25) is 0 Å². The van der Waals surface area contributed by atoms with E-state index in [2.05, 4.69) is 5.32 Å². The summed E-state index contributed by atoms with van der Waals surface area (Å²) >= 11 is 0. The molecular weight excluding hydrogens is 300 g/mol.